The third-order valence-corrected chi connectivity index (χ3v) is 4.63. The average molecular weight is 337 g/mol. The Morgan fingerprint density at radius 2 is 1.87 bits per heavy atom. The molecular weight excluding hydrogens is 320 g/mol. The second-order valence-electron chi connectivity index (χ2n) is 5.91. The first-order chi connectivity index (χ1) is 11.1. The molecule has 1 aromatic rings. The van der Waals surface area contributed by atoms with Crippen LogP contribution in [0.15, 0.2) is 18.3 Å². The molecule has 122 valence electrons. The van der Waals surface area contributed by atoms with E-state index in [0.717, 1.165) is 30.6 Å². The molecule has 1 aromatic heterocycles. The summed E-state index contributed by atoms with van der Waals surface area (Å²) < 4.78 is 5.11. The lowest BCUT2D eigenvalue weighted by Crippen LogP contribution is -2.36. The lowest BCUT2D eigenvalue weighted by Gasteiger charge is -2.19. The van der Waals surface area contributed by atoms with Crippen molar-refractivity contribution < 1.29 is 19.1 Å². The van der Waals surface area contributed by atoms with Crippen LogP contribution in [0.5, 0.6) is 0 Å². The minimum atomic E-state index is -0.597. The highest BCUT2D eigenvalue weighted by molar-refractivity contribution is 6.29. The van der Waals surface area contributed by atoms with Crippen molar-refractivity contribution in [2.24, 2.45) is 11.8 Å². The van der Waals surface area contributed by atoms with Crippen LogP contribution in [0.4, 0.5) is 0 Å². The van der Waals surface area contributed by atoms with E-state index in [9.17, 15) is 14.4 Å². The number of halogens is 1. The number of rotatable bonds is 4. The van der Waals surface area contributed by atoms with Crippen molar-refractivity contribution in [1.29, 1.82) is 0 Å². The van der Waals surface area contributed by atoms with Gasteiger partial charge in [0.1, 0.15) is 18.3 Å². The Kier molecular flexibility index (Phi) is 4.61. The molecule has 2 amide bonds. The summed E-state index contributed by atoms with van der Waals surface area (Å²) in [6.45, 7) is -0.280. The first kappa shape index (κ1) is 15.9. The molecule has 0 radical (unpaired) electrons. The molecule has 2 aliphatic rings. The van der Waals surface area contributed by atoms with Crippen LogP contribution in [0.25, 0.3) is 0 Å². The molecule has 1 aliphatic carbocycles. The number of esters is 1. The van der Waals surface area contributed by atoms with Crippen molar-refractivity contribution in [3.63, 3.8) is 0 Å². The summed E-state index contributed by atoms with van der Waals surface area (Å²) in [4.78, 5) is 41.4. The van der Waals surface area contributed by atoms with Crippen molar-refractivity contribution >= 4 is 29.4 Å². The van der Waals surface area contributed by atoms with Crippen molar-refractivity contribution in [1.82, 2.24) is 9.88 Å². The van der Waals surface area contributed by atoms with E-state index in [-0.39, 0.29) is 36.8 Å². The highest BCUT2D eigenvalue weighted by Crippen LogP contribution is 2.37. The van der Waals surface area contributed by atoms with Crippen LogP contribution in [-0.2, 0) is 25.7 Å². The SMILES string of the molecule is O=C(CN1C(=O)[C@H]2CCCC[C@@H]2C1=O)OCc1ccc(Cl)nc1. The number of imide groups is 1. The van der Waals surface area contributed by atoms with Crippen molar-refractivity contribution in [3.8, 4) is 0 Å². The maximum Gasteiger partial charge on any atom is 0.326 e. The Morgan fingerprint density at radius 3 is 2.43 bits per heavy atom. The summed E-state index contributed by atoms with van der Waals surface area (Å²) in [5.74, 6) is -1.55. The number of pyridine rings is 1. The molecule has 3 rings (SSSR count). The summed E-state index contributed by atoms with van der Waals surface area (Å²) >= 11 is 5.68. The van der Waals surface area contributed by atoms with Gasteiger partial charge in [0.05, 0.1) is 11.8 Å². The highest BCUT2D eigenvalue weighted by atomic mass is 35.5. The number of amides is 2. The number of likely N-dealkylation sites (tertiary alicyclic amines) is 1. The summed E-state index contributed by atoms with van der Waals surface area (Å²) in [7, 11) is 0. The molecule has 0 N–H and O–H groups in total. The van der Waals surface area contributed by atoms with Crippen molar-refractivity contribution in [3.05, 3.63) is 29.0 Å². The van der Waals surface area contributed by atoms with E-state index in [1.54, 1.807) is 12.1 Å². The molecule has 6 nitrogen and oxygen atoms in total. The topological polar surface area (TPSA) is 76.6 Å². The molecule has 1 aliphatic heterocycles. The van der Waals surface area contributed by atoms with E-state index in [0.29, 0.717) is 10.7 Å². The molecule has 2 heterocycles. The van der Waals surface area contributed by atoms with Gasteiger partial charge in [0.25, 0.3) is 0 Å². The molecule has 1 saturated carbocycles. The summed E-state index contributed by atoms with van der Waals surface area (Å²) in [6, 6.07) is 3.30. The number of nitrogens with zero attached hydrogens (tertiary/aromatic N) is 2. The van der Waals surface area contributed by atoms with Gasteiger partial charge in [-0.15, -0.1) is 0 Å². The molecule has 2 atom stereocenters. The Morgan fingerprint density at radius 1 is 1.22 bits per heavy atom. The minimum absolute atomic E-state index is 0.0338. The predicted molar refractivity (Wildman–Crippen MR) is 81.2 cm³/mol. The molecule has 0 spiro atoms. The van der Waals surface area contributed by atoms with Gasteiger partial charge in [-0.05, 0) is 18.9 Å². The molecule has 7 heteroatoms. The van der Waals surface area contributed by atoms with Crippen LogP contribution in [-0.4, -0.2) is 34.2 Å². The van der Waals surface area contributed by atoms with E-state index in [1.807, 2.05) is 0 Å². The minimum Gasteiger partial charge on any atom is -0.459 e. The fourth-order valence-electron chi connectivity index (χ4n) is 3.22. The van der Waals surface area contributed by atoms with E-state index < -0.39 is 5.97 Å². The normalized spacial score (nSPS) is 23.8. The summed E-state index contributed by atoms with van der Waals surface area (Å²) in [6.07, 6.45) is 4.90. The highest BCUT2D eigenvalue weighted by Gasteiger charge is 2.48. The van der Waals surface area contributed by atoms with Crippen LogP contribution in [0.3, 0.4) is 0 Å². The van der Waals surface area contributed by atoms with Crippen molar-refractivity contribution in [2.75, 3.05) is 6.54 Å². The first-order valence-corrected chi connectivity index (χ1v) is 8.05. The Balaban J connectivity index is 1.56. The van der Waals surface area contributed by atoms with Crippen LogP contribution in [0.1, 0.15) is 31.2 Å². The quantitative estimate of drug-likeness (QED) is 0.477. The number of hydrogen-bond acceptors (Lipinski definition) is 5. The molecule has 2 fully saturated rings. The number of hydrogen-bond donors (Lipinski definition) is 0. The Labute approximate surface area is 138 Å². The number of ether oxygens (including phenoxy) is 1. The fraction of sp³-hybridized carbons (Fsp3) is 0.500. The van der Waals surface area contributed by atoms with Crippen LogP contribution in [0, 0.1) is 11.8 Å². The van der Waals surface area contributed by atoms with E-state index >= 15 is 0 Å². The van der Waals surface area contributed by atoms with Crippen LogP contribution >= 0.6 is 11.6 Å². The van der Waals surface area contributed by atoms with Gasteiger partial charge in [-0.1, -0.05) is 30.5 Å². The molecule has 0 aromatic carbocycles. The Hall–Kier alpha value is -1.95. The lowest BCUT2D eigenvalue weighted by molar-refractivity contribution is -0.153. The summed E-state index contributed by atoms with van der Waals surface area (Å²) in [5, 5.41) is 0.357. The van der Waals surface area contributed by atoms with Gasteiger partial charge in [0.15, 0.2) is 0 Å². The monoisotopic (exact) mass is 336 g/mol. The molecule has 0 bridgehead atoms. The number of fused-ring (bicyclic) bond motifs is 1. The molecular formula is C16H17ClN2O4. The fourth-order valence-corrected chi connectivity index (χ4v) is 3.33. The Bertz CT molecular complexity index is 607. The maximum absolute atomic E-state index is 12.3. The molecule has 23 heavy (non-hydrogen) atoms. The predicted octanol–water partition coefficient (Wildman–Crippen LogP) is 1.95. The number of carbonyl (C=O) groups excluding carboxylic acids is 3. The zero-order chi connectivity index (χ0) is 16.4. The standard InChI is InChI=1S/C16H17ClN2O4/c17-13-6-5-10(7-18-13)9-23-14(20)8-19-15(21)11-3-1-2-4-12(11)16(19)22/h5-7,11-12H,1-4,8-9H2/t11-,12-/m0/s1. The second-order valence-corrected chi connectivity index (χ2v) is 6.30. The molecule has 0 unspecified atom stereocenters. The van der Waals surface area contributed by atoms with Gasteiger partial charge in [-0.3, -0.25) is 19.3 Å². The van der Waals surface area contributed by atoms with Gasteiger partial charge < -0.3 is 4.74 Å². The smallest absolute Gasteiger partial charge is 0.326 e. The van der Waals surface area contributed by atoms with Gasteiger partial charge in [-0.2, -0.15) is 0 Å². The van der Waals surface area contributed by atoms with E-state index in [1.165, 1.54) is 6.20 Å². The van der Waals surface area contributed by atoms with E-state index in [2.05, 4.69) is 4.98 Å². The van der Waals surface area contributed by atoms with Gasteiger partial charge in [0, 0.05) is 11.8 Å². The van der Waals surface area contributed by atoms with Gasteiger partial charge >= 0.3 is 5.97 Å². The lowest BCUT2D eigenvalue weighted by atomic mass is 9.81. The second kappa shape index (κ2) is 6.66. The van der Waals surface area contributed by atoms with E-state index in [4.69, 9.17) is 16.3 Å². The summed E-state index contributed by atoms with van der Waals surface area (Å²) in [5.41, 5.74) is 0.690. The van der Waals surface area contributed by atoms with Crippen LogP contribution < -0.4 is 0 Å². The van der Waals surface area contributed by atoms with Gasteiger partial charge in [0.2, 0.25) is 11.8 Å². The largest absolute Gasteiger partial charge is 0.459 e. The number of carbonyl (C=O) groups is 3. The molecule has 1 saturated heterocycles. The zero-order valence-electron chi connectivity index (χ0n) is 12.5. The van der Waals surface area contributed by atoms with Crippen LogP contribution in [0.2, 0.25) is 5.15 Å². The van der Waals surface area contributed by atoms with Crippen molar-refractivity contribution in [2.45, 2.75) is 32.3 Å². The third-order valence-electron chi connectivity index (χ3n) is 4.41. The van der Waals surface area contributed by atoms with Gasteiger partial charge in [-0.25, -0.2) is 4.98 Å². The zero-order valence-corrected chi connectivity index (χ0v) is 13.3. The maximum atomic E-state index is 12.3. The third kappa shape index (κ3) is 3.37. The number of aromatic nitrogens is 1. The average Bonchev–Trinajstić information content (AvgIpc) is 2.80. The first-order valence-electron chi connectivity index (χ1n) is 7.67.